The van der Waals surface area contributed by atoms with Gasteiger partial charge in [-0.2, -0.15) is 13.2 Å². The number of carbonyl (C=O) groups excluding carboxylic acids is 1. The van der Waals surface area contributed by atoms with Crippen molar-refractivity contribution < 1.29 is 27.8 Å². The third-order valence-corrected chi connectivity index (χ3v) is 3.30. The van der Waals surface area contributed by atoms with Crippen LogP contribution >= 0.6 is 11.6 Å². The SMILES string of the molecule is COc1cc(Cl)c(C)cc1NC(=O)N(C)CC(O)C(F)(F)F. The van der Waals surface area contributed by atoms with E-state index in [1.54, 1.807) is 6.92 Å². The van der Waals surface area contributed by atoms with Gasteiger partial charge >= 0.3 is 12.2 Å². The lowest BCUT2D eigenvalue weighted by atomic mass is 10.2. The summed E-state index contributed by atoms with van der Waals surface area (Å²) in [5.74, 6) is 0.272. The van der Waals surface area contributed by atoms with Gasteiger partial charge in [-0.25, -0.2) is 4.79 Å². The molecule has 0 aliphatic heterocycles. The number of halogens is 4. The van der Waals surface area contributed by atoms with Gasteiger partial charge < -0.3 is 20.1 Å². The highest BCUT2D eigenvalue weighted by Gasteiger charge is 2.39. The van der Waals surface area contributed by atoms with E-state index in [1.165, 1.54) is 19.2 Å². The zero-order valence-electron chi connectivity index (χ0n) is 12.2. The van der Waals surface area contributed by atoms with Crippen molar-refractivity contribution in [2.75, 3.05) is 26.0 Å². The van der Waals surface area contributed by atoms with Gasteiger partial charge in [0, 0.05) is 18.1 Å². The molecule has 5 nitrogen and oxygen atoms in total. The quantitative estimate of drug-likeness (QED) is 0.885. The van der Waals surface area contributed by atoms with Gasteiger partial charge in [0.1, 0.15) is 5.75 Å². The summed E-state index contributed by atoms with van der Waals surface area (Å²) in [6.07, 6.45) is -7.40. The summed E-state index contributed by atoms with van der Waals surface area (Å²) in [6, 6.07) is 2.20. The Labute approximate surface area is 130 Å². The fraction of sp³-hybridized carbons (Fsp3) is 0.462. The second-order valence-electron chi connectivity index (χ2n) is 4.67. The number of methoxy groups -OCH3 is 1. The topological polar surface area (TPSA) is 61.8 Å². The number of rotatable bonds is 4. The van der Waals surface area contributed by atoms with Crippen LogP contribution in [0.15, 0.2) is 12.1 Å². The number of benzene rings is 1. The average Bonchev–Trinajstić information content (AvgIpc) is 2.41. The van der Waals surface area contributed by atoms with Gasteiger partial charge in [-0.05, 0) is 18.6 Å². The van der Waals surface area contributed by atoms with Gasteiger partial charge in [0.05, 0.1) is 19.3 Å². The second-order valence-corrected chi connectivity index (χ2v) is 5.08. The Balaban J connectivity index is 2.82. The van der Waals surface area contributed by atoms with E-state index < -0.39 is 24.9 Å². The van der Waals surface area contributed by atoms with Crippen molar-refractivity contribution in [1.29, 1.82) is 0 Å². The molecule has 0 saturated heterocycles. The molecule has 1 unspecified atom stereocenters. The van der Waals surface area contributed by atoms with Crippen LogP contribution in [0.3, 0.4) is 0 Å². The number of urea groups is 1. The molecule has 124 valence electrons. The number of amides is 2. The molecule has 0 aliphatic carbocycles. The predicted molar refractivity (Wildman–Crippen MR) is 76.5 cm³/mol. The first-order valence-corrected chi connectivity index (χ1v) is 6.55. The van der Waals surface area contributed by atoms with Crippen LogP contribution in [-0.2, 0) is 0 Å². The molecule has 0 aromatic heterocycles. The largest absolute Gasteiger partial charge is 0.495 e. The maximum Gasteiger partial charge on any atom is 0.416 e. The molecule has 2 N–H and O–H groups in total. The summed E-state index contributed by atoms with van der Waals surface area (Å²) >= 11 is 5.92. The first-order chi connectivity index (χ1) is 10.1. The number of likely N-dealkylation sites (N-methyl/N-ethyl adjacent to an activating group) is 1. The lowest BCUT2D eigenvalue weighted by Crippen LogP contribution is -2.43. The highest BCUT2D eigenvalue weighted by atomic mass is 35.5. The summed E-state index contributed by atoms with van der Waals surface area (Å²) in [6.45, 7) is 0.818. The van der Waals surface area contributed by atoms with Crippen molar-refractivity contribution >= 4 is 23.3 Å². The van der Waals surface area contributed by atoms with Crippen LogP contribution in [0.2, 0.25) is 5.02 Å². The van der Waals surface area contributed by atoms with Crippen molar-refractivity contribution in [2.45, 2.75) is 19.2 Å². The van der Waals surface area contributed by atoms with Crippen molar-refractivity contribution in [3.8, 4) is 5.75 Å². The molecular weight excluding hydrogens is 325 g/mol. The summed E-state index contributed by atoms with van der Waals surface area (Å²) in [5.41, 5.74) is 0.929. The number of anilines is 1. The summed E-state index contributed by atoms with van der Waals surface area (Å²) in [7, 11) is 2.51. The molecule has 1 aromatic carbocycles. The predicted octanol–water partition coefficient (Wildman–Crippen LogP) is 3.04. The molecule has 0 aliphatic rings. The molecule has 2 amide bonds. The standard InChI is InChI=1S/C13H16ClF3N2O3/c1-7-4-9(10(22-3)5-8(7)14)18-12(21)19(2)6-11(20)13(15,16)17/h4-5,11,20H,6H2,1-3H3,(H,18,21). The summed E-state index contributed by atoms with van der Waals surface area (Å²) in [5, 5.41) is 11.8. The smallest absolute Gasteiger partial charge is 0.416 e. The highest BCUT2D eigenvalue weighted by molar-refractivity contribution is 6.31. The van der Waals surface area contributed by atoms with Crippen molar-refractivity contribution in [3.05, 3.63) is 22.7 Å². The number of hydrogen-bond donors (Lipinski definition) is 2. The molecule has 0 spiro atoms. The number of alkyl halides is 3. The van der Waals surface area contributed by atoms with E-state index >= 15 is 0 Å². The minimum atomic E-state index is -4.79. The first-order valence-electron chi connectivity index (χ1n) is 6.17. The molecule has 0 saturated carbocycles. The van der Waals surface area contributed by atoms with Crippen LogP contribution in [0.1, 0.15) is 5.56 Å². The van der Waals surface area contributed by atoms with Crippen molar-refractivity contribution in [2.24, 2.45) is 0 Å². The number of carbonyl (C=O) groups is 1. The molecule has 22 heavy (non-hydrogen) atoms. The molecule has 0 heterocycles. The van der Waals surface area contributed by atoms with E-state index in [1.807, 2.05) is 0 Å². The number of ether oxygens (including phenoxy) is 1. The number of hydrogen-bond acceptors (Lipinski definition) is 3. The van der Waals surface area contributed by atoms with Gasteiger partial charge in [0.15, 0.2) is 6.10 Å². The molecule has 9 heteroatoms. The van der Waals surface area contributed by atoms with E-state index in [4.69, 9.17) is 21.4 Å². The molecule has 1 aromatic rings. The number of aliphatic hydroxyl groups is 1. The summed E-state index contributed by atoms with van der Waals surface area (Å²) < 4.78 is 41.9. The fourth-order valence-electron chi connectivity index (χ4n) is 1.59. The lowest BCUT2D eigenvalue weighted by molar-refractivity contribution is -0.205. The third-order valence-electron chi connectivity index (χ3n) is 2.89. The minimum absolute atomic E-state index is 0.266. The fourth-order valence-corrected chi connectivity index (χ4v) is 1.74. The monoisotopic (exact) mass is 340 g/mol. The second kappa shape index (κ2) is 7.06. The van der Waals surface area contributed by atoms with Crippen molar-refractivity contribution in [3.63, 3.8) is 0 Å². The number of nitrogens with one attached hydrogen (secondary N) is 1. The van der Waals surface area contributed by atoms with Gasteiger partial charge in [0.2, 0.25) is 0 Å². The zero-order chi connectivity index (χ0) is 17.1. The maximum absolute atomic E-state index is 12.3. The van der Waals surface area contributed by atoms with E-state index in [0.717, 1.165) is 11.9 Å². The Morgan fingerprint density at radius 1 is 1.50 bits per heavy atom. The highest BCUT2D eigenvalue weighted by Crippen LogP contribution is 2.31. The van der Waals surface area contributed by atoms with Crippen LogP contribution in [0.25, 0.3) is 0 Å². The molecular formula is C13H16ClF3N2O3. The molecule has 0 fully saturated rings. The normalized spacial score (nSPS) is 12.7. The Morgan fingerprint density at radius 2 is 2.09 bits per heavy atom. The van der Waals surface area contributed by atoms with E-state index in [0.29, 0.717) is 10.6 Å². The molecule has 1 rings (SSSR count). The minimum Gasteiger partial charge on any atom is -0.495 e. The van der Waals surface area contributed by atoms with Crippen LogP contribution in [0.4, 0.5) is 23.7 Å². The number of aliphatic hydroxyl groups excluding tert-OH is 1. The van der Waals surface area contributed by atoms with Gasteiger partial charge in [-0.1, -0.05) is 11.6 Å². The van der Waals surface area contributed by atoms with Crippen LogP contribution in [0.5, 0.6) is 5.75 Å². The summed E-state index contributed by atoms with van der Waals surface area (Å²) in [4.78, 5) is 12.6. The van der Waals surface area contributed by atoms with Gasteiger partial charge in [-0.15, -0.1) is 0 Å². The van der Waals surface area contributed by atoms with E-state index in [9.17, 15) is 18.0 Å². The zero-order valence-corrected chi connectivity index (χ0v) is 12.9. The number of aryl methyl sites for hydroxylation is 1. The Hall–Kier alpha value is -1.67. The third kappa shape index (κ3) is 4.67. The first kappa shape index (κ1) is 18.4. The lowest BCUT2D eigenvalue weighted by Gasteiger charge is -2.23. The molecule has 0 bridgehead atoms. The van der Waals surface area contributed by atoms with E-state index in [-0.39, 0.29) is 11.4 Å². The molecule has 0 radical (unpaired) electrons. The molecule has 1 atom stereocenters. The van der Waals surface area contributed by atoms with Crippen LogP contribution in [-0.4, -0.2) is 49.0 Å². The van der Waals surface area contributed by atoms with Crippen LogP contribution in [0, 0.1) is 6.92 Å². The Bertz CT molecular complexity index is 552. The van der Waals surface area contributed by atoms with Crippen LogP contribution < -0.4 is 10.1 Å². The van der Waals surface area contributed by atoms with Gasteiger partial charge in [0.25, 0.3) is 0 Å². The number of nitrogens with zero attached hydrogens (tertiary/aromatic N) is 1. The average molecular weight is 341 g/mol. The van der Waals surface area contributed by atoms with Crippen molar-refractivity contribution in [1.82, 2.24) is 4.90 Å². The Kier molecular flexibility index (Phi) is 5.90. The van der Waals surface area contributed by atoms with E-state index in [2.05, 4.69) is 5.32 Å². The maximum atomic E-state index is 12.3. The van der Waals surface area contributed by atoms with Gasteiger partial charge in [-0.3, -0.25) is 0 Å². The Morgan fingerprint density at radius 3 is 2.59 bits per heavy atom.